The highest BCUT2D eigenvalue weighted by atomic mass is 16.2. The van der Waals surface area contributed by atoms with Crippen molar-refractivity contribution in [1.29, 1.82) is 0 Å². The van der Waals surface area contributed by atoms with Gasteiger partial charge in [0.2, 0.25) is 5.91 Å². The topological polar surface area (TPSA) is 29.1 Å². The van der Waals surface area contributed by atoms with Crippen molar-refractivity contribution in [2.75, 3.05) is 0 Å². The number of carbonyl (C=O) groups excluding carboxylic acids is 1. The smallest absolute Gasteiger partial charge is 0.226 e. The van der Waals surface area contributed by atoms with Crippen LogP contribution in [0.1, 0.15) is 104 Å². The molecule has 0 bridgehead atoms. The van der Waals surface area contributed by atoms with E-state index in [9.17, 15) is 4.79 Å². The first-order valence-corrected chi connectivity index (χ1v) is 9.43. The summed E-state index contributed by atoms with van der Waals surface area (Å²) in [7, 11) is 0. The predicted molar refractivity (Wildman–Crippen MR) is 91.4 cm³/mol. The molecule has 0 aromatic rings. The van der Waals surface area contributed by atoms with Gasteiger partial charge in [0.05, 0.1) is 0 Å². The third-order valence-corrected chi connectivity index (χ3v) is 4.87. The van der Waals surface area contributed by atoms with Crippen LogP contribution in [0.3, 0.4) is 0 Å². The van der Waals surface area contributed by atoms with E-state index in [1.165, 1.54) is 70.6 Å². The number of amides is 1. The molecule has 1 fully saturated rings. The summed E-state index contributed by atoms with van der Waals surface area (Å²) in [6.07, 6.45) is 16.0. The first-order valence-electron chi connectivity index (χ1n) is 9.43. The quantitative estimate of drug-likeness (QED) is 0.440. The molecule has 2 nitrogen and oxygen atoms in total. The lowest BCUT2D eigenvalue weighted by molar-refractivity contribution is -0.131. The summed E-state index contributed by atoms with van der Waals surface area (Å²) < 4.78 is 0. The fourth-order valence-corrected chi connectivity index (χ4v) is 3.00. The number of rotatable bonds is 13. The Labute approximate surface area is 132 Å². The van der Waals surface area contributed by atoms with Crippen LogP contribution >= 0.6 is 0 Å². The first-order chi connectivity index (χ1) is 10.1. The summed E-state index contributed by atoms with van der Waals surface area (Å²) in [6, 6.07) is 0.493. The van der Waals surface area contributed by atoms with Crippen molar-refractivity contribution in [2.24, 2.45) is 5.41 Å². The van der Waals surface area contributed by atoms with Gasteiger partial charge in [0.15, 0.2) is 0 Å². The molecule has 1 rings (SSSR count). The van der Waals surface area contributed by atoms with Gasteiger partial charge in [-0.15, -0.1) is 0 Å². The Morgan fingerprint density at radius 3 is 1.86 bits per heavy atom. The van der Waals surface area contributed by atoms with Crippen molar-refractivity contribution in [3.8, 4) is 0 Å². The maximum Gasteiger partial charge on any atom is 0.226 e. The van der Waals surface area contributed by atoms with Gasteiger partial charge in [-0.2, -0.15) is 0 Å². The fourth-order valence-electron chi connectivity index (χ4n) is 3.00. The lowest BCUT2D eigenvalue weighted by Crippen LogP contribution is -2.40. The summed E-state index contributed by atoms with van der Waals surface area (Å²) in [5.41, 5.74) is -0.122. The monoisotopic (exact) mass is 295 g/mol. The zero-order valence-corrected chi connectivity index (χ0v) is 14.7. The van der Waals surface area contributed by atoms with Gasteiger partial charge in [0.25, 0.3) is 0 Å². The number of unbranched alkanes of at least 4 members (excludes halogenated alkanes) is 7. The minimum absolute atomic E-state index is 0.122. The molecule has 1 aliphatic carbocycles. The molecule has 0 aromatic heterocycles. The van der Waals surface area contributed by atoms with Gasteiger partial charge in [-0.05, 0) is 25.7 Å². The largest absolute Gasteiger partial charge is 0.353 e. The fraction of sp³-hybridized carbons (Fsp3) is 0.947. The highest BCUT2D eigenvalue weighted by Gasteiger charge is 2.35. The Kier molecular flexibility index (Phi) is 9.03. The van der Waals surface area contributed by atoms with Gasteiger partial charge in [0, 0.05) is 11.5 Å². The summed E-state index contributed by atoms with van der Waals surface area (Å²) in [5.74, 6) is 0.331. The van der Waals surface area contributed by atoms with Crippen LogP contribution in [0.15, 0.2) is 0 Å². The van der Waals surface area contributed by atoms with E-state index in [0.29, 0.717) is 11.9 Å². The number of nitrogens with one attached hydrogen (secondary N) is 1. The summed E-state index contributed by atoms with van der Waals surface area (Å²) >= 11 is 0. The molecular weight excluding hydrogens is 258 g/mol. The Morgan fingerprint density at radius 1 is 0.905 bits per heavy atom. The van der Waals surface area contributed by atoms with Gasteiger partial charge in [-0.3, -0.25) is 4.79 Å². The van der Waals surface area contributed by atoms with Crippen LogP contribution in [-0.4, -0.2) is 11.9 Å². The second-order valence-electron chi connectivity index (χ2n) is 7.28. The van der Waals surface area contributed by atoms with E-state index in [4.69, 9.17) is 0 Å². The minimum Gasteiger partial charge on any atom is -0.353 e. The number of carbonyl (C=O) groups is 1. The highest BCUT2D eigenvalue weighted by molar-refractivity contribution is 5.82. The lowest BCUT2D eigenvalue weighted by atomic mass is 9.78. The third-order valence-electron chi connectivity index (χ3n) is 4.87. The van der Waals surface area contributed by atoms with Crippen LogP contribution < -0.4 is 5.32 Å². The van der Waals surface area contributed by atoms with Crippen molar-refractivity contribution < 1.29 is 4.79 Å². The van der Waals surface area contributed by atoms with Gasteiger partial charge >= 0.3 is 0 Å². The molecule has 21 heavy (non-hydrogen) atoms. The Balaban J connectivity index is 2.36. The SMILES string of the molecule is CCCCCCCC(C)(CCCCCC)C(=O)NC1CC1. The zero-order valence-electron chi connectivity index (χ0n) is 14.7. The number of hydrogen-bond acceptors (Lipinski definition) is 1. The molecular formula is C19H37NO. The maximum absolute atomic E-state index is 12.6. The molecule has 1 atom stereocenters. The second-order valence-corrected chi connectivity index (χ2v) is 7.28. The summed E-state index contributed by atoms with van der Waals surface area (Å²) in [4.78, 5) is 12.6. The van der Waals surface area contributed by atoms with E-state index >= 15 is 0 Å². The van der Waals surface area contributed by atoms with Gasteiger partial charge in [-0.25, -0.2) is 0 Å². The second kappa shape index (κ2) is 10.2. The van der Waals surface area contributed by atoms with Crippen LogP contribution in [-0.2, 0) is 4.79 Å². The molecule has 0 aliphatic heterocycles. The van der Waals surface area contributed by atoms with Crippen molar-refractivity contribution >= 4 is 5.91 Å². The average molecular weight is 296 g/mol. The molecule has 1 N–H and O–H groups in total. The molecule has 1 saturated carbocycles. The van der Waals surface area contributed by atoms with E-state index in [-0.39, 0.29) is 5.41 Å². The molecule has 0 spiro atoms. The van der Waals surface area contributed by atoms with Crippen molar-refractivity contribution in [3.63, 3.8) is 0 Å². The van der Waals surface area contributed by atoms with E-state index in [1.54, 1.807) is 0 Å². The summed E-state index contributed by atoms with van der Waals surface area (Å²) in [6.45, 7) is 6.70. The summed E-state index contributed by atoms with van der Waals surface area (Å²) in [5, 5.41) is 3.25. The third kappa shape index (κ3) is 7.87. The number of hydrogen-bond donors (Lipinski definition) is 1. The molecule has 124 valence electrons. The van der Waals surface area contributed by atoms with Crippen LogP contribution in [0.25, 0.3) is 0 Å². The molecule has 2 heteroatoms. The maximum atomic E-state index is 12.6. The molecule has 1 aliphatic rings. The highest BCUT2D eigenvalue weighted by Crippen LogP contribution is 2.33. The Hall–Kier alpha value is -0.530. The van der Waals surface area contributed by atoms with Crippen molar-refractivity contribution in [3.05, 3.63) is 0 Å². The molecule has 0 aromatic carbocycles. The molecule has 1 amide bonds. The van der Waals surface area contributed by atoms with E-state index in [0.717, 1.165) is 12.8 Å². The lowest BCUT2D eigenvalue weighted by Gasteiger charge is -2.28. The zero-order chi connectivity index (χ0) is 15.6. The van der Waals surface area contributed by atoms with E-state index in [1.807, 2.05) is 0 Å². The predicted octanol–water partition coefficient (Wildman–Crippen LogP) is 5.60. The molecule has 0 saturated heterocycles. The average Bonchev–Trinajstić information content (AvgIpc) is 3.27. The molecule has 1 unspecified atom stereocenters. The standard InChI is InChI=1S/C19H37NO/c1-4-6-8-10-12-16-19(3,15-11-9-7-5-2)18(21)20-17-13-14-17/h17H,4-16H2,1-3H3,(H,20,21). The van der Waals surface area contributed by atoms with Gasteiger partial charge in [-0.1, -0.05) is 78.6 Å². The van der Waals surface area contributed by atoms with Crippen molar-refractivity contribution in [1.82, 2.24) is 5.32 Å². The Morgan fingerprint density at radius 2 is 1.38 bits per heavy atom. The van der Waals surface area contributed by atoms with Gasteiger partial charge in [0.1, 0.15) is 0 Å². The van der Waals surface area contributed by atoms with Crippen LogP contribution in [0.5, 0.6) is 0 Å². The van der Waals surface area contributed by atoms with Gasteiger partial charge < -0.3 is 5.32 Å². The molecule has 0 heterocycles. The first kappa shape index (κ1) is 18.5. The van der Waals surface area contributed by atoms with E-state index in [2.05, 4.69) is 26.1 Å². The van der Waals surface area contributed by atoms with Crippen molar-refractivity contribution in [2.45, 2.75) is 110 Å². The normalized spacial score (nSPS) is 17.5. The Bertz CT molecular complexity index is 285. The minimum atomic E-state index is -0.122. The van der Waals surface area contributed by atoms with E-state index < -0.39 is 0 Å². The van der Waals surface area contributed by atoms with Crippen LogP contribution in [0, 0.1) is 5.41 Å². The molecule has 0 radical (unpaired) electrons. The van der Waals surface area contributed by atoms with Crippen LogP contribution in [0.2, 0.25) is 0 Å². The van der Waals surface area contributed by atoms with Crippen LogP contribution in [0.4, 0.5) is 0 Å².